The summed E-state index contributed by atoms with van der Waals surface area (Å²) in [6, 6.07) is 15.8. The Morgan fingerprint density at radius 3 is 2.65 bits per heavy atom. The Morgan fingerprint density at radius 1 is 1.00 bits per heavy atom. The number of para-hydroxylation sites is 1. The van der Waals surface area contributed by atoms with Gasteiger partial charge in [0, 0.05) is 16.1 Å². The van der Waals surface area contributed by atoms with Gasteiger partial charge >= 0.3 is 0 Å². The molecule has 4 rings (SSSR count). The van der Waals surface area contributed by atoms with Crippen LogP contribution in [0.5, 0.6) is 0 Å². The van der Waals surface area contributed by atoms with Crippen molar-refractivity contribution in [3.8, 4) is 11.3 Å². The minimum atomic E-state index is 0.722. The van der Waals surface area contributed by atoms with Crippen LogP contribution in [0.25, 0.3) is 33.6 Å². The van der Waals surface area contributed by atoms with Crippen LogP contribution < -0.4 is 0 Å². The van der Waals surface area contributed by atoms with E-state index in [-0.39, 0.29) is 0 Å². The van der Waals surface area contributed by atoms with Crippen molar-refractivity contribution in [2.75, 3.05) is 0 Å². The van der Waals surface area contributed by atoms with Crippen molar-refractivity contribution in [3.05, 3.63) is 70.3 Å². The monoisotopic (exact) mass is 337 g/mol. The number of hydrogen-bond acceptors (Lipinski definition) is 3. The van der Waals surface area contributed by atoms with E-state index in [1.54, 1.807) is 11.3 Å². The summed E-state index contributed by atoms with van der Waals surface area (Å²) in [5, 5.41) is 8.90. The molecule has 0 fully saturated rings. The number of aromatic amines is 1. The van der Waals surface area contributed by atoms with Crippen LogP contribution in [0.15, 0.2) is 54.7 Å². The number of nitrogens with zero attached hydrogens (tertiary/aromatic N) is 2. The Hall–Kier alpha value is -2.43. The first-order chi connectivity index (χ1) is 11.3. The molecule has 0 unspecified atom stereocenters. The molecule has 0 aliphatic rings. The third-order valence-corrected chi connectivity index (χ3v) is 4.77. The number of hydrogen-bond donors (Lipinski definition) is 1. The maximum Gasteiger partial charge on any atom is 0.117 e. The predicted molar refractivity (Wildman–Crippen MR) is 97.6 cm³/mol. The molecule has 2 aromatic heterocycles. The van der Waals surface area contributed by atoms with Crippen LogP contribution in [0.1, 0.15) is 10.6 Å². The highest BCUT2D eigenvalue weighted by atomic mass is 35.5. The number of fused-ring (bicyclic) bond motifs is 1. The molecule has 1 N–H and O–H groups in total. The number of nitrogens with one attached hydrogen (secondary N) is 1. The number of benzene rings is 2. The lowest BCUT2D eigenvalue weighted by Crippen LogP contribution is -1.80. The van der Waals surface area contributed by atoms with Gasteiger partial charge in [-0.3, -0.25) is 5.10 Å². The molecule has 112 valence electrons. The van der Waals surface area contributed by atoms with E-state index in [2.05, 4.69) is 21.2 Å². The van der Waals surface area contributed by atoms with E-state index in [1.165, 1.54) is 4.70 Å². The zero-order valence-corrected chi connectivity index (χ0v) is 13.6. The Balaban J connectivity index is 1.66. The van der Waals surface area contributed by atoms with Crippen LogP contribution in [0.3, 0.4) is 0 Å². The van der Waals surface area contributed by atoms with Gasteiger partial charge in [0.1, 0.15) is 5.01 Å². The maximum absolute atomic E-state index is 5.95. The summed E-state index contributed by atoms with van der Waals surface area (Å²) < 4.78 is 1.19. The molecule has 3 nitrogen and oxygen atoms in total. The van der Waals surface area contributed by atoms with Crippen LogP contribution in [-0.2, 0) is 0 Å². The van der Waals surface area contributed by atoms with Crippen LogP contribution in [0, 0.1) is 0 Å². The van der Waals surface area contributed by atoms with E-state index in [9.17, 15) is 0 Å². The van der Waals surface area contributed by atoms with E-state index in [4.69, 9.17) is 11.6 Å². The average molecular weight is 338 g/mol. The van der Waals surface area contributed by atoms with Gasteiger partial charge in [0.25, 0.3) is 0 Å². The highest BCUT2D eigenvalue weighted by Gasteiger charge is 2.06. The second-order valence-corrected chi connectivity index (χ2v) is 6.56. The zero-order chi connectivity index (χ0) is 15.6. The number of rotatable bonds is 3. The molecule has 2 heterocycles. The lowest BCUT2D eigenvalue weighted by Gasteiger charge is -1.99. The van der Waals surface area contributed by atoms with Gasteiger partial charge in [0.15, 0.2) is 0 Å². The Kier molecular flexibility index (Phi) is 3.69. The summed E-state index contributed by atoms with van der Waals surface area (Å²) in [7, 11) is 0. The third kappa shape index (κ3) is 2.91. The third-order valence-electron chi connectivity index (χ3n) is 3.52. The first-order valence-electron chi connectivity index (χ1n) is 7.12. The van der Waals surface area contributed by atoms with Gasteiger partial charge in [-0.2, -0.15) is 5.10 Å². The summed E-state index contributed by atoms with van der Waals surface area (Å²) >= 11 is 7.62. The summed E-state index contributed by atoms with van der Waals surface area (Å²) in [5.74, 6) is 0. The Labute approximate surface area is 142 Å². The van der Waals surface area contributed by atoms with Crippen molar-refractivity contribution < 1.29 is 0 Å². The summed E-state index contributed by atoms with van der Waals surface area (Å²) in [6.45, 7) is 0. The smallest absolute Gasteiger partial charge is 0.117 e. The summed E-state index contributed by atoms with van der Waals surface area (Å²) in [6.07, 6.45) is 5.87. The number of aromatic nitrogens is 3. The first-order valence-corrected chi connectivity index (χ1v) is 8.32. The Bertz CT molecular complexity index is 950. The van der Waals surface area contributed by atoms with Crippen molar-refractivity contribution in [2.45, 2.75) is 0 Å². The molecule has 0 spiro atoms. The lowest BCUT2D eigenvalue weighted by atomic mass is 10.1. The van der Waals surface area contributed by atoms with Gasteiger partial charge < -0.3 is 0 Å². The molecular weight excluding hydrogens is 326 g/mol. The van der Waals surface area contributed by atoms with Crippen molar-refractivity contribution in [1.29, 1.82) is 0 Å². The number of thiazole rings is 1. The highest BCUT2D eigenvalue weighted by Crippen LogP contribution is 2.26. The molecule has 0 amide bonds. The second kappa shape index (κ2) is 5.99. The van der Waals surface area contributed by atoms with Crippen molar-refractivity contribution in [1.82, 2.24) is 15.2 Å². The van der Waals surface area contributed by atoms with E-state index < -0.39 is 0 Å². The number of halogens is 1. The molecule has 0 aliphatic carbocycles. The van der Waals surface area contributed by atoms with E-state index >= 15 is 0 Å². The van der Waals surface area contributed by atoms with Crippen molar-refractivity contribution in [3.63, 3.8) is 0 Å². The molecule has 0 atom stereocenters. The van der Waals surface area contributed by atoms with E-state index in [0.717, 1.165) is 32.4 Å². The fraction of sp³-hybridized carbons (Fsp3) is 0. The van der Waals surface area contributed by atoms with Crippen LogP contribution in [0.2, 0.25) is 5.02 Å². The highest BCUT2D eigenvalue weighted by molar-refractivity contribution is 7.19. The zero-order valence-electron chi connectivity index (χ0n) is 12.0. The van der Waals surface area contributed by atoms with Crippen LogP contribution >= 0.6 is 22.9 Å². The van der Waals surface area contributed by atoms with Crippen molar-refractivity contribution >= 4 is 45.3 Å². The lowest BCUT2D eigenvalue weighted by molar-refractivity contribution is 1.10. The SMILES string of the molecule is Clc1ccc(-c2[nH]ncc2/C=C/c2nc3ccccc3s2)cc1. The van der Waals surface area contributed by atoms with Gasteiger partial charge in [-0.15, -0.1) is 11.3 Å². The van der Waals surface area contributed by atoms with Gasteiger partial charge in [0.05, 0.1) is 22.1 Å². The molecule has 0 bridgehead atoms. The predicted octanol–water partition coefficient (Wildman–Crippen LogP) is 5.51. The molecule has 4 aromatic rings. The molecule has 0 saturated heterocycles. The normalized spacial score (nSPS) is 11.5. The molecule has 0 radical (unpaired) electrons. The van der Waals surface area contributed by atoms with E-state index in [1.807, 2.05) is 60.8 Å². The van der Waals surface area contributed by atoms with E-state index in [0.29, 0.717) is 0 Å². The summed E-state index contributed by atoms with van der Waals surface area (Å²) in [4.78, 5) is 4.61. The fourth-order valence-electron chi connectivity index (χ4n) is 2.39. The number of H-pyrrole nitrogens is 1. The quantitative estimate of drug-likeness (QED) is 0.535. The standard InChI is InChI=1S/C18H12ClN3S/c19-14-8-5-12(6-9-14)18-13(11-20-22-18)7-10-17-21-15-3-1-2-4-16(15)23-17/h1-11H,(H,20,22)/b10-7+. The summed E-state index contributed by atoms with van der Waals surface area (Å²) in [5.41, 5.74) is 4.07. The Morgan fingerprint density at radius 2 is 1.83 bits per heavy atom. The molecule has 2 aromatic carbocycles. The minimum absolute atomic E-state index is 0.722. The fourth-order valence-corrected chi connectivity index (χ4v) is 3.39. The van der Waals surface area contributed by atoms with Crippen LogP contribution in [-0.4, -0.2) is 15.2 Å². The largest absolute Gasteiger partial charge is 0.277 e. The molecule has 0 saturated carbocycles. The average Bonchev–Trinajstić information content (AvgIpc) is 3.19. The molecule has 23 heavy (non-hydrogen) atoms. The van der Waals surface area contributed by atoms with Crippen molar-refractivity contribution in [2.24, 2.45) is 0 Å². The van der Waals surface area contributed by atoms with Gasteiger partial charge in [-0.05, 0) is 36.4 Å². The molecular formula is C18H12ClN3S. The molecule has 0 aliphatic heterocycles. The van der Waals surface area contributed by atoms with Crippen LogP contribution in [0.4, 0.5) is 0 Å². The first kappa shape index (κ1) is 14.2. The maximum atomic E-state index is 5.95. The van der Waals surface area contributed by atoms with Gasteiger partial charge in [0.2, 0.25) is 0 Å². The minimum Gasteiger partial charge on any atom is -0.277 e. The van der Waals surface area contributed by atoms with Gasteiger partial charge in [-0.1, -0.05) is 35.9 Å². The topological polar surface area (TPSA) is 41.6 Å². The second-order valence-electron chi connectivity index (χ2n) is 5.06. The molecule has 5 heteroatoms. The van der Waals surface area contributed by atoms with Gasteiger partial charge in [-0.25, -0.2) is 4.98 Å².